The molecule has 1 aliphatic heterocycles. The highest BCUT2D eigenvalue weighted by atomic mass is 32.1. The van der Waals surface area contributed by atoms with Crippen molar-refractivity contribution < 1.29 is 0 Å². The number of nitrogens with zero attached hydrogens (tertiary/aromatic N) is 3. The molecule has 3 nitrogen and oxygen atoms in total. The van der Waals surface area contributed by atoms with Crippen LogP contribution in [0.4, 0.5) is 11.5 Å². The van der Waals surface area contributed by atoms with Crippen molar-refractivity contribution in [1.29, 1.82) is 0 Å². The number of hydrogen-bond acceptors (Lipinski definition) is 4. The predicted molar refractivity (Wildman–Crippen MR) is 135 cm³/mol. The summed E-state index contributed by atoms with van der Waals surface area (Å²) in [5, 5.41) is 5.25. The van der Waals surface area contributed by atoms with Gasteiger partial charge in [0.05, 0.1) is 11.4 Å². The SMILES string of the molecule is C1=CN(c2ccc(-c3ccccn3)cn2)c2cccc3c2c1cc1c2ccccc2sc31. The molecule has 6 aromatic rings. The van der Waals surface area contributed by atoms with Crippen molar-refractivity contribution in [2.75, 3.05) is 4.90 Å². The molecule has 0 radical (unpaired) electrons. The van der Waals surface area contributed by atoms with Gasteiger partial charge in [0.15, 0.2) is 0 Å². The minimum absolute atomic E-state index is 0.899. The van der Waals surface area contributed by atoms with Crippen molar-refractivity contribution in [1.82, 2.24) is 9.97 Å². The molecule has 0 fully saturated rings. The number of benzene rings is 3. The number of thiophene rings is 1. The quantitative estimate of drug-likeness (QED) is 0.282. The summed E-state index contributed by atoms with van der Waals surface area (Å²) in [6, 6.07) is 27.7. The van der Waals surface area contributed by atoms with Crippen LogP contribution in [0.25, 0.3) is 48.3 Å². The molecular weight excluding hydrogens is 410 g/mol. The fourth-order valence-electron chi connectivity index (χ4n) is 4.65. The van der Waals surface area contributed by atoms with Gasteiger partial charge in [0.25, 0.3) is 0 Å². The van der Waals surface area contributed by atoms with Crippen LogP contribution >= 0.6 is 11.3 Å². The Morgan fingerprint density at radius 3 is 2.53 bits per heavy atom. The second-order valence-electron chi connectivity index (χ2n) is 7.95. The van der Waals surface area contributed by atoms with E-state index in [1.54, 1.807) is 0 Å². The Kier molecular flexibility index (Phi) is 3.72. The van der Waals surface area contributed by atoms with Crippen LogP contribution in [0, 0.1) is 0 Å². The summed E-state index contributed by atoms with van der Waals surface area (Å²) in [4.78, 5) is 11.4. The first-order valence-electron chi connectivity index (χ1n) is 10.6. The molecule has 0 saturated carbocycles. The van der Waals surface area contributed by atoms with Gasteiger partial charge >= 0.3 is 0 Å². The minimum atomic E-state index is 0.899. The fourth-order valence-corrected chi connectivity index (χ4v) is 5.86. The van der Waals surface area contributed by atoms with Gasteiger partial charge in [-0.3, -0.25) is 4.98 Å². The van der Waals surface area contributed by atoms with E-state index in [0.29, 0.717) is 0 Å². The number of rotatable bonds is 2. The van der Waals surface area contributed by atoms with Gasteiger partial charge in [-0.1, -0.05) is 36.4 Å². The molecule has 0 amide bonds. The van der Waals surface area contributed by atoms with Crippen molar-refractivity contribution in [3.8, 4) is 11.3 Å². The molecule has 0 aliphatic carbocycles. The summed E-state index contributed by atoms with van der Waals surface area (Å²) < 4.78 is 2.68. The molecule has 0 saturated heterocycles. The minimum Gasteiger partial charge on any atom is -0.301 e. The molecule has 4 heterocycles. The van der Waals surface area contributed by atoms with E-state index >= 15 is 0 Å². The van der Waals surface area contributed by atoms with Crippen LogP contribution in [0.2, 0.25) is 0 Å². The zero-order chi connectivity index (χ0) is 21.1. The topological polar surface area (TPSA) is 29.0 Å². The number of aromatic nitrogens is 2. The van der Waals surface area contributed by atoms with E-state index in [4.69, 9.17) is 4.98 Å². The lowest BCUT2D eigenvalue weighted by Crippen LogP contribution is -2.13. The highest BCUT2D eigenvalue weighted by Crippen LogP contribution is 2.45. The first-order chi connectivity index (χ1) is 15.9. The maximum Gasteiger partial charge on any atom is 0.137 e. The lowest BCUT2D eigenvalue weighted by Gasteiger charge is -2.26. The van der Waals surface area contributed by atoms with Gasteiger partial charge in [-0.2, -0.15) is 0 Å². The van der Waals surface area contributed by atoms with Crippen LogP contribution in [0.1, 0.15) is 5.56 Å². The second-order valence-corrected chi connectivity index (χ2v) is 9.00. The smallest absolute Gasteiger partial charge is 0.137 e. The Labute approximate surface area is 188 Å². The Bertz CT molecular complexity index is 1660. The molecule has 32 heavy (non-hydrogen) atoms. The molecule has 0 bridgehead atoms. The summed E-state index contributed by atoms with van der Waals surface area (Å²) in [7, 11) is 0. The average molecular weight is 428 g/mol. The Balaban J connectivity index is 1.40. The molecule has 7 rings (SSSR count). The molecule has 0 N–H and O–H groups in total. The fraction of sp³-hybridized carbons (Fsp3) is 0. The van der Waals surface area contributed by atoms with Gasteiger partial charge < -0.3 is 4.90 Å². The van der Waals surface area contributed by atoms with Gasteiger partial charge in [0.1, 0.15) is 5.82 Å². The van der Waals surface area contributed by atoms with E-state index in [1.807, 2.05) is 41.9 Å². The molecule has 4 heteroatoms. The largest absolute Gasteiger partial charge is 0.301 e. The summed E-state index contributed by atoms with van der Waals surface area (Å²) in [5.41, 5.74) is 4.37. The molecule has 3 aromatic heterocycles. The molecule has 3 aromatic carbocycles. The van der Waals surface area contributed by atoms with Gasteiger partial charge in [0, 0.05) is 55.1 Å². The summed E-state index contributed by atoms with van der Waals surface area (Å²) in [5.74, 6) is 0.899. The Morgan fingerprint density at radius 2 is 1.66 bits per heavy atom. The van der Waals surface area contributed by atoms with E-state index in [1.165, 1.54) is 36.5 Å². The highest BCUT2D eigenvalue weighted by molar-refractivity contribution is 7.26. The van der Waals surface area contributed by atoms with Crippen molar-refractivity contribution >= 4 is 59.9 Å². The number of pyridine rings is 2. The molecule has 1 aliphatic rings. The van der Waals surface area contributed by atoms with Crippen molar-refractivity contribution in [3.63, 3.8) is 0 Å². The Morgan fingerprint density at radius 1 is 0.750 bits per heavy atom. The number of fused-ring (bicyclic) bond motifs is 4. The first-order valence-corrected chi connectivity index (χ1v) is 11.4. The third-order valence-corrected chi connectivity index (χ3v) is 7.35. The molecular formula is C28H17N3S. The maximum absolute atomic E-state index is 4.77. The van der Waals surface area contributed by atoms with E-state index in [2.05, 4.69) is 82.8 Å². The van der Waals surface area contributed by atoms with Gasteiger partial charge in [0.2, 0.25) is 0 Å². The zero-order valence-corrected chi connectivity index (χ0v) is 17.9. The summed E-state index contributed by atoms with van der Waals surface area (Å²) in [6.45, 7) is 0. The maximum atomic E-state index is 4.77. The summed E-state index contributed by atoms with van der Waals surface area (Å²) >= 11 is 1.87. The highest BCUT2D eigenvalue weighted by Gasteiger charge is 2.20. The lowest BCUT2D eigenvalue weighted by atomic mass is 9.96. The standard InChI is InChI=1S/C28H17N3S/c1-2-10-25-20(6-1)22-16-18-13-15-31(24-9-5-7-21(27(18)24)28(22)32-25)26-12-11-19(17-30-26)23-8-3-4-14-29-23/h1-17H. The zero-order valence-electron chi connectivity index (χ0n) is 17.1. The normalized spacial score (nSPS) is 12.8. The van der Waals surface area contributed by atoms with Crippen LogP contribution < -0.4 is 4.90 Å². The molecule has 150 valence electrons. The number of anilines is 2. The monoisotopic (exact) mass is 427 g/mol. The van der Waals surface area contributed by atoms with Crippen molar-refractivity contribution in [3.05, 3.63) is 103 Å². The second kappa shape index (κ2) is 6.74. The van der Waals surface area contributed by atoms with Crippen molar-refractivity contribution in [2.45, 2.75) is 0 Å². The first kappa shape index (κ1) is 17.6. The van der Waals surface area contributed by atoms with E-state index in [0.717, 1.165) is 22.8 Å². The van der Waals surface area contributed by atoms with Crippen LogP contribution in [-0.4, -0.2) is 9.97 Å². The van der Waals surface area contributed by atoms with Crippen LogP contribution in [0.5, 0.6) is 0 Å². The van der Waals surface area contributed by atoms with Gasteiger partial charge in [-0.25, -0.2) is 4.98 Å². The van der Waals surface area contributed by atoms with E-state index < -0.39 is 0 Å². The third kappa shape index (κ3) is 2.53. The van der Waals surface area contributed by atoms with Gasteiger partial charge in [-0.05, 0) is 54.1 Å². The molecule has 0 atom stereocenters. The predicted octanol–water partition coefficient (Wildman–Crippen LogP) is 7.79. The van der Waals surface area contributed by atoms with Crippen LogP contribution in [-0.2, 0) is 0 Å². The molecule has 0 spiro atoms. The van der Waals surface area contributed by atoms with Crippen LogP contribution in [0.15, 0.2) is 97.5 Å². The Hall–Kier alpha value is -4.02. The van der Waals surface area contributed by atoms with Crippen LogP contribution in [0.3, 0.4) is 0 Å². The third-order valence-electron chi connectivity index (χ3n) is 6.13. The number of hydrogen-bond donors (Lipinski definition) is 0. The van der Waals surface area contributed by atoms with E-state index in [9.17, 15) is 0 Å². The van der Waals surface area contributed by atoms with E-state index in [-0.39, 0.29) is 0 Å². The van der Waals surface area contributed by atoms with Crippen molar-refractivity contribution in [2.24, 2.45) is 0 Å². The molecule has 0 unspecified atom stereocenters. The summed E-state index contributed by atoms with van der Waals surface area (Å²) in [6.07, 6.45) is 8.04. The lowest BCUT2D eigenvalue weighted by molar-refractivity contribution is 1.18. The van der Waals surface area contributed by atoms with Gasteiger partial charge in [-0.15, -0.1) is 11.3 Å². The average Bonchev–Trinajstić information content (AvgIpc) is 3.24.